The second kappa shape index (κ2) is 5.56. The maximum Gasteiger partial charge on any atom is 0.306 e. The van der Waals surface area contributed by atoms with E-state index in [0.717, 1.165) is 0 Å². The Balaban J connectivity index is 3.92. The third-order valence-electron chi connectivity index (χ3n) is 2.04. The van der Waals surface area contributed by atoms with Crippen LogP contribution < -0.4 is 0 Å². The number of ether oxygens (including phenoxy) is 1. The molecule has 0 spiro atoms. The topological polar surface area (TPSA) is 63.6 Å². The smallest absolute Gasteiger partial charge is 0.306 e. The average molecular weight is 188 g/mol. The van der Waals surface area contributed by atoms with Crippen molar-refractivity contribution in [2.45, 2.75) is 27.2 Å². The Kier molecular flexibility index (Phi) is 5.11. The second-order valence-electron chi connectivity index (χ2n) is 3.11. The monoisotopic (exact) mass is 188 g/mol. The average Bonchev–Trinajstić information content (AvgIpc) is 2.03. The van der Waals surface area contributed by atoms with Crippen LogP contribution in [0, 0.1) is 11.8 Å². The van der Waals surface area contributed by atoms with E-state index >= 15 is 0 Å². The summed E-state index contributed by atoms with van der Waals surface area (Å²) in [6.07, 6.45) is 0.168. The van der Waals surface area contributed by atoms with Gasteiger partial charge in [0.1, 0.15) is 0 Å². The number of rotatable bonds is 5. The van der Waals surface area contributed by atoms with Crippen molar-refractivity contribution in [3.05, 3.63) is 0 Å². The number of carbonyl (C=O) groups excluding carboxylic acids is 1. The fourth-order valence-corrected chi connectivity index (χ4v) is 0.903. The van der Waals surface area contributed by atoms with Crippen molar-refractivity contribution >= 4 is 11.9 Å². The lowest BCUT2D eigenvalue weighted by atomic mass is 9.93. The Bertz CT molecular complexity index is 188. The first-order valence-electron chi connectivity index (χ1n) is 4.37. The van der Waals surface area contributed by atoms with Gasteiger partial charge in [-0.25, -0.2) is 0 Å². The highest BCUT2D eigenvalue weighted by atomic mass is 16.5. The minimum absolute atomic E-state index is 0.168. The fraction of sp³-hybridized carbons (Fsp3) is 0.778. The van der Waals surface area contributed by atoms with Crippen LogP contribution in [0.25, 0.3) is 0 Å². The van der Waals surface area contributed by atoms with Gasteiger partial charge < -0.3 is 9.84 Å². The van der Waals surface area contributed by atoms with Crippen LogP contribution in [0.1, 0.15) is 27.2 Å². The maximum absolute atomic E-state index is 11.0. The first kappa shape index (κ1) is 11.9. The quantitative estimate of drug-likeness (QED) is 0.660. The minimum atomic E-state index is -0.878. The second-order valence-corrected chi connectivity index (χ2v) is 3.11. The predicted molar refractivity (Wildman–Crippen MR) is 47.2 cm³/mol. The van der Waals surface area contributed by atoms with Gasteiger partial charge in [-0.05, 0) is 12.8 Å². The lowest BCUT2D eigenvalue weighted by Crippen LogP contribution is -2.21. The van der Waals surface area contributed by atoms with E-state index in [2.05, 4.69) is 0 Å². The number of carboxylic acid groups (broad SMARTS) is 1. The SMILES string of the molecule is CCOC(=O)C[C@@H](C)[C@@H](C)C(=O)O. The zero-order chi connectivity index (χ0) is 10.4. The molecule has 2 atom stereocenters. The van der Waals surface area contributed by atoms with E-state index in [1.807, 2.05) is 0 Å². The van der Waals surface area contributed by atoms with Crippen LogP contribution in [0.2, 0.25) is 0 Å². The van der Waals surface area contributed by atoms with Crippen molar-refractivity contribution in [3.63, 3.8) is 0 Å². The zero-order valence-electron chi connectivity index (χ0n) is 8.24. The van der Waals surface area contributed by atoms with Gasteiger partial charge in [0.25, 0.3) is 0 Å². The molecule has 4 heteroatoms. The van der Waals surface area contributed by atoms with Gasteiger partial charge >= 0.3 is 11.9 Å². The Morgan fingerprint density at radius 1 is 1.38 bits per heavy atom. The molecule has 0 rings (SSSR count). The summed E-state index contributed by atoms with van der Waals surface area (Å²) in [5.41, 5.74) is 0. The Morgan fingerprint density at radius 3 is 2.31 bits per heavy atom. The van der Waals surface area contributed by atoms with Crippen LogP contribution in [0.3, 0.4) is 0 Å². The zero-order valence-corrected chi connectivity index (χ0v) is 8.24. The molecule has 0 aromatic heterocycles. The van der Waals surface area contributed by atoms with E-state index in [4.69, 9.17) is 9.84 Å². The van der Waals surface area contributed by atoms with Crippen molar-refractivity contribution < 1.29 is 19.4 Å². The number of carboxylic acids is 1. The van der Waals surface area contributed by atoms with E-state index in [1.165, 1.54) is 0 Å². The molecule has 0 unspecified atom stereocenters. The molecule has 76 valence electrons. The van der Waals surface area contributed by atoms with Gasteiger partial charge in [-0.3, -0.25) is 9.59 Å². The lowest BCUT2D eigenvalue weighted by molar-refractivity contribution is -0.147. The number of hydrogen-bond acceptors (Lipinski definition) is 3. The van der Waals surface area contributed by atoms with Gasteiger partial charge in [0.05, 0.1) is 12.5 Å². The van der Waals surface area contributed by atoms with Gasteiger partial charge in [-0.15, -0.1) is 0 Å². The molecule has 0 aromatic rings. The van der Waals surface area contributed by atoms with Crippen LogP contribution >= 0.6 is 0 Å². The number of carbonyl (C=O) groups is 2. The van der Waals surface area contributed by atoms with Crippen molar-refractivity contribution in [1.29, 1.82) is 0 Å². The largest absolute Gasteiger partial charge is 0.481 e. The standard InChI is InChI=1S/C9H16O4/c1-4-13-8(10)5-6(2)7(3)9(11)12/h6-7H,4-5H2,1-3H3,(H,11,12)/t6-,7-/m1/s1. The summed E-state index contributed by atoms with van der Waals surface area (Å²) in [5, 5.41) is 8.64. The van der Waals surface area contributed by atoms with Crippen LogP contribution in [0.4, 0.5) is 0 Å². The third-order valence-corrected chi connectivity index (χ3v) is 2.04. The van der Waals surface area contributed by atoms with Crippen LogP contribution in [-0.4, -0.2) is 23.7 Å². The van der Waals surface area contributed by atoms with Crippen LogP contribution in [-0.2, 0) is 14.3 Å². The van der Waals surface area contributed by atoms with E-state index in [-0.39, 0.29) is 18.3 Å². The molecular formula is C9H16O4. The highest BCUT2D eigenvalue weighted by Crippen LogP contribution is 2.15. The normalized spacial score (nSPS) is 14.7. The summed E-state index contributed by atoms with van der Waals surface area (Å²) < 4.78 is 4.71. The van der Waals surface area contributed by atoms with E-state index in [1.54, 1.807) is 20.8 Å². The first-order valence-corrected chi connectivity index (χ1v) is 4.37. The summed E-state index contributed by atoms with van der Waals surface area (Å²) >= 11 is 0. The third kappa shape index (κ3) is 4.50. The number of esters is 1. The van der Waals surface area contributed by atoms with Gasteiger partial charge in [-0.2, -0.15) is 0 Å². The molecule has 0 fully saturated rings. The molecule has 13 heavy (non-hydrogen) atoms. The molecule has 0 saturated carbocycles. The van der Waals surface area contributed by atoms with Crippen molar-refractivity contribution in [2.75, 3.05) is 6.61 Å². The fourth-order valence-electron chi connectivity index (χ4n) is 0.903. The summed E-state index contributed by atoms with van der Waals surface area (Å²) in [7, 11) is 0. The summed E-state index contributed by atoms with van der Waals surface area (Å²) in [4.78, 5) is 21.5. The number of hydrogen-bond donors (Lipinski definition) is 1. The maximum atomic E-state index is 11.0. The van der Waals surface area contributed by atoms with E-state index in [9.17, 15) is 9.59 Å². The summed E-state index contributed by atoms with van der Waals surface area (Å²) in [6.45, 7) is 5.39. The molecule has 0 bridgehead atoms. The Labute approximate surface area is 77.9 Å². The molecule has 0 saturated heterocycles. The molecule has 0 aromatic carbocycles. The molecule has 1 N–H and O–H groups in total. The molecule has 0 aliphatic heterocycles. The molecule has 0 amide bonds. The molecular weight excluding hydrogens is 172 g/mol. The Morgan fingerprint density at radius 2 is 1.92 bits per heavy atom. The molecule has 4 nitrogen and oxygen atoms in total. The van der Waals surface area contributed by atoms with Crippen LogP contribution in [0.5, 0.6) is 0 Å². The summed E-state index contributed by atoms with van der Waals surface area (Å²) in [5.74, 6) is -1.90. The van der Waals surface area contributed by atoms with Gasteiger partial charge in [0.15, 0.2) is 0 Å². The van der Waals surface area contributed by atoms with E-state index in [0.29, 0.717) is 6.61 Å². The summed E-state index contributed by atoms with van der Waals surface area (Å²) in [6, 6.07) is 0. The minimum Gasteiger partial charge on any atom is -0.481 e. The molecule has 0 heterocycles. The number of aliphatic carboxylic acids is 1. The predicted octanol–water partition coefficient (Wildman–Crippen LogP) is 1.30. The molecule has 0 radical (unpaired) electrons. The van der Waals surface area contributed by atoms with Crippen molar-refractivity contribution in [1.82, 2.24) is 0 Å². The Hall–Kier alpha value is -1.06. The molecule has 0 aliphatic carbocycles. The lowest BCUT2D eigenvalue weighted by Gasteiger charge is -2.14. The van der Waals surface area contributed by atoms with Gasteiger partial charge in [0.2, 0.25) is 0 Å². The van der Waals surface area contributed by atoms with Crippen LogP contribution in [0.15, 0.2) is 0 Å². The molecule has 0 aliphatic rings. The first-order chi connectivity index (χ1) is 5.99. The van der Waals surface area contributed by atoms with Gasteiger partial charge in [0, 0.05) is 6.42 Å². The highest BCUT2D eigenvalue weighted by Gasteiger charge is 2.22. The van der Waals surface area contributed by atoms with E-state index < -0.39 is 11.9 Å². The highest BCUT2D eigenvalue weighted by molar-refractivity contribution is 5.73. The van der Waals surface area contributed by atoms with Gasteiger partial charge in [-0.1, -0.05) is 13.8 Å². The van der Waals surface area contributed by atoms with Crippen molar-refractivity contribution in [3.8, 4) is 0 Å². The van der Waals surface area contributed by atoms with Crippen molar-refractivity contribution in [2.24, 2.45) is 11.8 Å².